The summed E-state index contributed by atoms with van der Waals surface area (Å²) in [6, 6.07) is 4.76. The average Bonchev–Trinajstić information content (AvgIpc) is 2.77. The molecule has 1 aromatic carbocycles. The lowest BCUT2D eigenvalue weighted by atomic mass is 10.2. The Morgan fingerprint density at radius 3 is 2.67 bits per heavy atom. The van der Waals surface area contributed by atoms with Gasteiger partial charge < -0.3 is 15.5 Å². The highest BCUT2D eigenvalue weighted by Gasteiger charge is 2.12. The van der Waals surface area contributed by atoms with Crippen molar-refractivity contribution in [3.63, 3.8) is 0 Å². The molecule has 0 radical (unpaired) electrons. The number of benzene rings is 1. The monoisotopic (exact) mass is 251 g/mol. The molecular formula is C14H22FN3. The van der Waals surface area contributed by atoms with Crippen molar-refractivity contribution in [2.24, 2.45) is 0 Å². The SMILES string of the molecule is CN(CCN1CCCC1)Cc1cc(N)cc(F)c1. The molecule has 1 aromatic rings. The molecule has 0 amide bonds. The summed E-state index contributed by atoms with van der Waals surface area (Å²) >= 11 is 0. The van der Waals surface area contributed by atoms with E-state index >= 15 is 0 Å². The molecule has 0 saturated carbocycles. The van der Waals surface area contributed by atoms with E-state index in [-0.39, 0.29) is 5.82 Å². The lowest BCUT2D eigenvalue weighted by Gasteiger charge is -2.21. The highest BCUT2D eigenvalue weighted by Crippen LogP contribution is 2.13. The van der Waals surface area contributed by atoms with Crippen molar-refractivity contribution in [1.82, 2.24) is 9.80 Å². The molecule has 2 rings (SSSR count). The molecule has 1 saturated heterocycles. The molecule has 3 nitrogen and oxygen atoms in total. The van der Waals surface area contributed by atoms with Gasteiger partial charge in [-0.2, -0.15) is 0 Å². The molecular weight excluding hydrogens is 229 g/mol. The second-order valence-electron chi connectivity index (χ2n) is 5.18. The van der Waals surface area contributed by atoms with Gasteiger partial charge in [0.05, 0.1) is 0 Å². The number of nitrogens with zero attached hydrogens (tertiary/aromatic N) is 2. The van der Waals surface area contributed by atoms with Crippen LogP contribution >= 0.6 is 0 Å². The number of nitrogen functional groups attached to an aromatic ring is 1. The number of hydrogen-bond acceptors (Lipinski definition) is 3. The van der Waals surface area contributed by atoms with Gasteiger partial charge in [0.15, 0.2) is 0 Å². The molecule has 4 heteroatoms. The normalized spacial score (nSPS) is 16.6. The lowest BCUT2D eigenvalue weighted by Crippen LogP contribution is -2.31. The van der Waals surface area contributed by atoms with E-state index < -0.39 is 0 Å². The van der Waals surface area contributed by atoms with Crippen molar-refractivity contribution in [2.45, 2.75) is 19.4 Å². The van der Waals surface area contributed by atoms with Crippen LogP contribution in [-0.2, 0) is 6.54 Å². The van der Waals surface area contributed by atoms with Gasteiger partial charge in [0, 0.05) is 25.3 Å². The van der Waals surface area contributed by atoms with Gasteiger partial charge in [0.1, 0.15) is 5.82 Å². The Hall–Kier alpha value is -1.13. The maximum Gasteiger partial charge on any atom is 0.125 e. The van der Waals surface area contributed by atoms with E-state index in [1.165, 1.54) is 32.0 Å². The Balaban J connectivity index is 1.80. The Bertz CT molecular complexity index is 368. The molecule has 1 fully saturated rings. The van der Waals surface area contributed by atoms with Gasteiger partial charge in [-0.25, -0.2) is 4.39 Å². The fourth-order valence-corrected chi connectivity index (χ4v) is 2.48. The quantitative estimate of drug-likeness (QED) is 0.812. The largest absolute Gasteiger partial charge is 0.399 e. The number of rotatable bonds is 5. The highest BCUT2D eigenvalue weighted by atomic mass is 19.1. The summed E-state index contributed by atoms with van der Waals surface area (Å²) in [6.07, 6.45) is 2.65. The van der Waals surface area contributed by atoms with Gasteiger partial charge in [-0.3, -0.25) is 0 Å². The van der Waals surface area contributed by atoms with Gasteiger partial charge in [0.2, 0.25) is 0 Å². The summed E-state index contributed by atoms with van der Waals surface area (Å²) < 4.78 is 13.2. The van der Waals surface area contributed by atoms with Gasteiger partial charge in [0.25, 0.3) is 0 Å². The number of nitrogens with two attached hydrogens (primary N) is 1. The van der Waals surface area contributed by atoms with Crippen LogP contribution in [0.5, 0.6) is 0 Å². The van der Waals surface area contributed by atoms with Crippen molar-refractivity contribution in [3.8, 4) is 0 Å². The number of halogens is 1. The number of hydrogen-bond donors (Lipinski definition) is 1. The predicted octanol–water partition coefficient (Wildman–Crippen LogP) is 1.94. The molecule has 1 heterocycles. The Morgan fingerprint density at radius 1 is 1.28 bits per heavy atom. The summed E-state index contributed by atoms with van der Waals surface area (Å²) in [5.41, 5.74) is 7.08. The van der Waals surface area contributed by atoms with Crippen LogP contribution in [0.1, 0.15) is 18.4 Å². The third-order valence-corrected chi connectivity index (χ3v) is 3.43. The van der Waals surface area contributed by atoms with Crippen molar-refractivity contribution >= 4 is 5.69 Å². The molecule has 1 aliphatic rings. The zero-order valence-electron chi connectivity index (χ0n) is 11.0. The molecule has 0 aliphatic carbocycles. The van der Waals surface area contributed by atoms with Crippen LogP contribution < -0.4 is 5.73 Å². The fourth-order valence-electron chi connectivity index (χ4n) is 2.48. The standard InChI is InChI=1S/C14H22FN3/c1-17(6-7-18-4-2-3-5-18)11-12-8-13(15)10-14(16)9-12/h8-10H,2-7,11,16H2,1H3. The third-order valence-electron chi connectivity index (χ3n) is 3.43. The summed E-state index contributed by atoms with van der Waals surface area (Å²) in [7, 11) is 2.07. The zero-order valence-corrected chi connectivity index (χ0v) is 11.0. The summed E-state index contributed by atoms with van der Waals surface area (Å²) in [4.78, 5) is 4.70. The van der Waals surface area contributed by atoms with E-state index in [0.29, 0.717) is 5.69 Å². The first kappa shape index (κ1) is 13.3. The first-order valence-corrected chi connectivity index (χ1v) is 6.59. The lowest BCUT2D eigenvalue weighted by molar-refractivity contribution is 0.252. The minimum atomic E-state index is -0.252. The first-order chi connectivity index (χ1) is 8.63. The van der Waals surface area contributed by atoms with Crippen LogP contribution in [0.3, 0.4) is 0 Å². The Labute approximate surface area is 108 Å². The minimum Gasteiger partial charge on any atom is -0.399 e. The fraction of sp³-hybridized carbons (Fsp3) is 0.571. The van der Waals surface area contributed by atoms with Crippen LogP contribution in [0.15, 0.2) is 18.2 Å². The topological polar surface area (TPSA) is 32.5 Å². The van der Waals surface area contributed by atoms with Crippen LogP contribution in [0, 0.1) is 5.82 Å². The Morgan fingerprint density at radius 2 is 2.00 bits per heavy atom. The summed E-state index contributed by atoms with van der Waals surface area (Å²) in [5, 5.41) is 0. The van der Waals surface area contributed by atoms with E-state index in [4.69, 9.17) is 5.73 Å². The van der Waals surface area contributed by atoms with Crippen molar-refractivity contribution in [1.29, 1.82) is 0 Å². The van der Waals surface area contributed by atoms with Crippen LogP contribution in [0.25, 0.3) is 0 Å². The van der Waals surface area contributed by atoms with Gasteiger partial charge in [-0.05, 0) is 56.7 Å². The predicted molar refractivity (Wildman–Crippen MR) is 72.8 cm³/mol. The van der Waals surface area contributed by atoms with Crippen molar-refractivity contribution in [3.05, 3.63) is 29.6 Å². The second kappa shape index (κ2) is 6.16. The number of likely N-dealkylation sites (tertiary alicyclic amines) is 1. The van der Waals surface area contributed by atoms with Crippen molar-refractivity contribution < 1.29 is 4.39 Å². The molecule has 2 N–H and O–H groups in total. The second-order valence-corrected chi connectivity index (χ2v) is 5.18. The van der Waals surface area contributed by atoms with Crippen LogP contribution in [0.2, 0.25) is 0 Å². The van der Waals surface area contributed by atoms with Gasteiger partial charge >= 0.3 is 0 Å². The molecule has 0 bridgehead atoms. The average molecular weight is 251 g/mol. The maximum absolute atomic E-state index is 13.2. The third kappa shape index (κ3) is 3.96. The van der Waals surface area contributed by atoms with E-state index in [0.717, 1.165) is 25.2 Å². The van der Waals surface area contributed by atoms with Gasteiger partial charge in [-0.1, -0.05) is 0 Å². The Kier molecular flexibility index (Phi) is 4.55. The molecule has 0 aromatic heterocycles. The number of likely N-dealkylation sites (N-methyl/N-ethyl adjacent to an activating group) is 1. The minimum absolute atomic E-state index is 0.252. The maximum atomic E-state index is 13.2. The van der Waals surface area contributed by atoms with Crippen LogP contribution in [0.4, 0.5) is 10.1 Å². The van der Waals surface area contributed by atoms with E-state index in [9.17, 15) is 4.39 Å². The van der Waals surface area contributed by atoms with Crippen molar-refractivity contribution in [2.75, 3.05) is 39.0 Å². The zero-order chi connectivity index (χ0) is 13.0. The molecule has 1 aliphatic heterocycles. The first-order valence-electron chi connectivity index (χ1n) is 6.59. The molecule has 0 atom stereocenters. The highest BCUT2D eigenvalue weighted by molar-refractivity contribution is 5.41. The molecule has 0 unspecified atom stereocenters. The van der Waals surface area contributed by atoms with E-state index in [2.05, 4.69) is 16.8 Å². The van der Waals surface area contributed by atoms with Gasteiger partial charge in [-0.15, -0.1) is 0 Å². The summed E-state index contributed by atoms with van der Waals surface area (Å²) in [6.45, 7) is 5.30. The van der Waals surface area contributed by atoms with E-state index in [1.54, 1.807) is 6.07 Å². The molecule has 0 spiro atoms. The smallest absolute Gasteiger partial charge is 0.125 e. The van der Waals surface area contributed by atoms with E-state index in [1.807, 2.05) is 6.07 Å². The van der Waals surface area contributed by atoms with Crippen LogP contribution in [-0.4, -0.2) is 43.0 Å². The number of anilines is 1. The summed E-state index contributed by atoms with van der Waals surface area (Å²) in [5.74, 6) is -0.252. The molecule has 18 heavy (non-hydrogen) atoms. The molecule has 100 valence electrons.